The molecule has 0 aromatic rings. The van der Waals surface area contributed by atoms with Gasteiger partial charge >= 0.3 is 0 Å². The summed E-state index contributed by atoms with van der Waals surface area (Å²) in [7, 11) is 0. The predicted octanol–water partition coefficient (Wildman–Crippen LogP) is 0.894. The van der Waals surface area contributed by atoms with Gasteiger partial charge in [0.05, 0.1) is 12.3 Å². The van der Waals surface area contributed by atoms with Gasteiger partial charge in [-0.05, 0) is 32.2 Å². The number of hydrogen-bond acceptors (Lipinski definition) is 6. The van der Waals surface area contributed by atoms with Crippen LogP contribution in [0, 0.1) is 0 Å². The van der Waals surface area contributed by atoms with Crippen molar-refractivity contribution >= 4 is 0 Å². The van der Waals surface area contributed by atoms with E-state index in [1.165, 1.54) is 0 Å². The molecule has 1 aliphatic heterocycles. The van der Waals surface area contributed by atoms with Gasteiger partial charge in [-0.3, -0.25) is 0 Å². The zero-order chi connectivity index (χ0) is 14.8. The van der Waals surface area contributed by atoms with Crippen molar-refractivity contribution in [2.24, 2.45) is 11.6 Å². The second kappa shape index (κ2) is 9.99. The highest BCUT2D eigenvalue weighted by atomic mass is 16.7. The third kappa shape index (κ3) is 8.37. The molecule has 0 bridgehead atoms. The summed E-state index contributed by atoms with van der Waals surface area (Å²) in [4.78, 5) is 0. The fraction of sp³-hybridized carbons (Fsp3) is 0.857. The van der Waals surface area contributed by atoms with Gasteiger partial charge in [-0.15, -0.1) is 0 Å². The number of ether oxygens (including phenoxy) is 2. The SMILES string of the molecule is CC(C)NCCCN(N)/C=C(\N)COC1CCCCO1. The molecule has 20 heavy (non-hydrogen) atoms. The first kappa shape index (κ1) is 17.2. The summed E-state index contributed by atoms with van der Waals surface area (Å²) in [5.41, 5.74) is 6.51. The number of rotatable bonds is 9. The zero-order valence-electron chi connectivity index (χ0n) is 12.8. The van der Waals surface area contributed by atoms with Crippen molar-refractivity contribution < 1.29 is 9.47 Å². The fourth-order valence-electron chi connectivity index (χ4n) is 2.00. The third-order valence-electron chi connectivity index (χ3n) is 3.05. The molecule has 0 amide bonds. The molecular weight excluding hydrogens is 256 g/mol. The van der Waals surface area contributed by atoms with E-state index in [9.17, 15) is 0 Å². The van der Waals surface area contributed by atoms with E-state index in [-0.39, 0.29) is 6.29 Å². The maximum atomic E-state index is 5.89. The molecule has 5 N–H and O–H groups in total. The van der Waals surface area contributed by atoms with Crippen molar-refractivity contribution in [3.8, 4) is 0 Å². The van der Waals surface area contributed by atoms with Crippen molar-refractivity contribution in [1.82, 2.24) is 10.3 Å². The van der Waals surface area contributed by atoms with Gasteiger partial charge in [-0.25, -0.2) is 5.84 Å². The predicted molar refractivity (Wildman–Crippen MR) is 80.5 cm³/mol. The fourth-order valence-corrected chi connectivity index (χ4v) is 2.00. The number of nitrogens with one attached hydrogen (secondary N) is 1. The van der Waals surface area contributed by atoms with Crippen molar-refractivity contribution in [2.75, 3.05) is 26.3 Å². The molecule has 0 radical (unpaired) electrons. The van der Waals surface area contributed by atoms with E-state index < -0.39 is 0 Å². The molecule has 6 nitrogen and oxygen atoms in total. The minimum absolute atomic E-state index is 0.114. The van der Waals surface area contributed by atoms with Gasteiger partial charge in [0.2, 0.25) is 0 Å². The van der Waals surface area contributed by atoms with Crippen LogP contribution >= 0.6 is 0 Å². The summed E-state index contributed by atoms with van der Waals surface area (Å²) in [6.07, 6.45) is 5.81. The van der Waals surface area contributed by atoms with Crippen LogP contribution in [-0.4, -0.2) is 43.6 Å². The summed E-state index contributed by atoms with van der Waals surface area (Å²) in [5, 5.41) is 4.96. The Morgan fingerprint density at radius 3 is 2.95 bits per heavy atom. The Balaban J connectivity index is 2.11. The smallest absolute Gasteiger partial charge is 0.158 e. The van der Waals surface area contributed by atoms with Gasteiger partial charge < -0.3 is 25.5 Å². The highest BCUT2D eigenvalue weighted by Gasteiger charge is 2.13. The van der Waals surface area contributed by atoms with E-state index in [2.05, 4.69) is 19.2 Å². The van der Waals surface area contributed by atoms with E-state index in [1.807, 2.05) is 0 Å². The van der Waals surface area contributed by atoms with Gasteiger partial charge in [0.1, 0.15) is 0 Å². The van der Waals surface area contributed by atoms with Crippen LogP contribution in [0.1, 0.15) is 39.5 Å². The molecule has 1 rings (SSSR count). The van der Waals surface area contributed by atoms with Crippen molar-refractivity contribution in [3.63, 3.8) is 0 Å². The molecule has 1 unspecified atom stereocenters. The van der Waals surface area contributed by atoms with Crippen molar-refractivity contribution in [2.45, 2.75) is 51.9 Å². The van der Waals surface area contributed by atoms with E-state index in [0.717, 1.165) is 45.4 Å². The van der Waals surface area contributed by atoms with Crippen molar-refractivity contribution in [1.29, 1.82) is 0 Å². The van der Waals surface area contributed by atoms with E-state index >= 15 is 0 Å². The van der Waals surface area contributed by atoms with Gasteiger partial charge in [0.15, 0.2) is 6.29 Å². The number of nitrogens with zero attached hydrogens (tertiary/aromatic N) is 1. The average Bonchev–Trinajstić information content (AvgIpc) is 2.42. The summed E-state index contributed by atoms with van der Waals surface area (Å²) >= 11 is 0. The highest BCUT2D eigenvalue weighted by molar-refractivity contribution is 4.95. The Morgan fingerprint density at radius 1 is 1.50 bits per heavy atom. The second-order valence-electron chi connectivity index (χ2n) is 5.51. The lowest BCUT2D eigenvalue weighted by Gasteiger charge is -2.23. The molecule has 1 saturated heterocycles. The van der Waals surface area contributed by atoms with E-state index in [4.69, 9.17) is 21.1 Å². The van der Waals surface area contributed by atoms with Gasteiger partial charge in [-0.1, -0.05) is 13.8 Å². The first-order valence-corrected chi connectivity index (χ1v) is 7.52. The van der Waals surface area contributed by atoms with E-state index in [1.54, 1.807) is 11.2 Å². The van der Waals surface area contributed by atoms with Gasteiger partial charge in [0, 0.05) is 25.4 Å². The van der Waals surface area contributed by atoms with Gasteiger partial charge in [-0.2, -0.15) is 0 Å². The standard InChI is InChI=1S/C14H30N4O2/c1-12(2)17-7-5-8-18(16)10-13(15)11-20-14-6-3-4-9-19-14/h10,12,14,17H,3-9,11,15-16H2,1-2H3/b13-10-. The summed E-state index contributed by atoms with van der Waals surface area (Å²) in [6, 6.07) is 0.505. The Kier molecular flexibility index (Phi) is 8.60. The Bertz CT molecular complexity index is 278. The lowest BCUT2D eigenvalue weighted by atomic mass is 10.2. The number of nitrogens with two attached hydrogens (primary N) is 2. The zero-order valence-corrected chi connectivity index (χ0v) is 12.8. The topological polar surface area (TPSA) is 85.8 Å². The largest absolute Gasteiger partial charge is 0.399 e. The summed E-state index contributed by atoms with van der Waals surface area (Å²) in [5.74, 6) is 5.86. The maximum absolute atomic E-state index is 5.89. The number of hydrogen-bond donors (Lipinski definition) is 3. The van der Waals surface area contributed by atoms with Gasteiger partial charge in [0.25, 0.3) is 0 Å². The first-order chi connectivity index (χ1) is 9.58. The normalized spacial score (nSPS) is 20.4. The van der Waals surface area contributed by atoms with Crippen molar-refractivity contribution in [3.05, 3.63) is 11.9 Å². The monoisotopic (exact) mass is 286 g/mol. The molecule has 6 heteroatoms. The second-order valence-corrected chi connectivity index (χ2v) is 5.51. The maximum Gasteiger partial charge on any atom is 0.158 e. The van der Waals surface area contributed by atoms with Crippen LogP contribution < -0.4 is 16.9 Å². The Labute approximate surface area is 122 Å². The minimum Gasteiger partial charge on any atom is -0.399 e. The molecule has 0 aromatic heterocycles. The molecule has 0 aliphatic carbocycles. The lowest BCUT2D eigenvalue weighted by molar-refractivity contribution is -0.157. The molecule has 1 aliphatic rings. The summed E-state index contributed by atoms with van der Waals surface area (Å²) < 4.78 is 11.1. The van der Waals surface area contributed by atoms with Crippen LogP contribution in [-0.2, 0) is 9.47 Å². The van der Waals surface area contributed by atoms with Crippen LogP contribution in [0.4, 0.5) is 0 Å². The van der Waals surface area contributed by atoms with E-state index in [0.29, 0.717) is 18.3 Å². The van der Waals surface area contributed by atoms with Crippen LogP contribution in [0.2, 0.25) is 0 Å². The quantitative estimate of drug-likeness (QED) is 0.332. The lowest BCUT2D eigenvalue weighted by Crippen LogP contribution is -2.32. The molecular formula is C14H30N4O2. The minimum atomic E-state index is -0.114. The van der Waals surface area contributed by atoms with Crippen LogP contribution in [0.5, 0.6) is 0 Å². The Hall–Kier alpha value is -0.820. The van der Waals surface area contributed by atoms with Crippen LogP contribution in [0.25, 0.3) is 0 Å². The molecule has 1 atom stereocenters. The summed E-state index contributed by atoms with van der Waals surface area (Å²) in [6.45, 7) is 7.11. The molecule has 0 aromatic carbocycles. The van der Waals surface area contributed by atoms with Crippen LogP contribution in [0.15, 0.2) is 11.9 Å². The Morgan fingerprint density at radius 2 is 2.30 bits per heavy atom. The molecule has 1 heterocycles. The third-order valence-corrected chi connectivity index (χ3v) is 3.05. The molecule has 0 spiro atoms. The first-order valence-electron chi connectivity index (χ1n) is 7.52. The highest BCUT2D eigenvalue weighted by Crippen LogP contribution is 2.13. The average molecular weight is 286 g/mol. The number of hydrazine groups is 1. The molecule has 118 valence electrons. The molecule has 1 fully saturated rings. The molecule has 0 saturated carbocycles. The van der Waals surface area contributed by atoms with Crippen LogP contribution in [0.3, 0.4) is 0 Å².